The molecule has 0 aromatic heterocycles. The van der Waals surface area contributed by atoms with Crippen LogP contribution in [0.25, 0.3) is 0 Å². The molecule has 0 atom stereocenters. The molecule has 0 fully saturated rings. The van der Waals surface area contributed by atoms with E-state index >= 15 is 0 Å². The smallest absolute Gasteiger partial charge is 0.403 e. The zero-order valence-corrected chi connectivity index (χ0v) is 8.26. The highest BCUT2D eigenvalue weighted by atomic mass is 16.6. The van der Waals surface area contributed by atoms with Gasteiger partial charge in [-0.1, -0.05) is 0 Å². The molecule has 0 heterocycles. The number of non-ortho nitro benzene ring substituents is 1. The van der Waals surface area contributed by atoms with E-state index in [2.05, 4.69) is 4.74 Å². The molecular formula is C7H2N3O8. The molecule has 0 saturated carbocycles. The van der Waals surface area contributed by atoms with Crippen LogP contribution in [0.15, 0.2) is 12.1 Å². The van der Waals surface area contributed by atoms with E-state index in [-0.39, 0.29) is 0 Å². The van der Waals surface area contributed by atoms with Crippen molar-refractivity contribution >= 4 is 23.5 Å². The number of hydrogen-bond donors (Lipinski definition) is 0. The first-order valence-corrected chi connectivity index (χ1v) is 4.03. The van der Waals surface area contributed by atoms with Crippen LogP contribution in [0.3, 0.4) is 0 Å². The van der Waals surface area contributed by atoms with Crippen LogP contribution in [0.2, 0.25) is 0 Å². The maximum atomic E-state index is 10.6. The second kappa shape index (κ2) is 4.82. The quantitative estimate of drug-likeness (QED) is 0.554. The maximum absolute atomic E-state index is 10.6. The molecule has 11 nitrogen and oxygen atoms in total. The normalized spacial score (nSPS) is 9.56. The zero-order valence-electron chi connectivity index (χ0n) is 8.26. The van der Waals surface area contributed by atoms with Gasteiger partial charge in [-0.3, -0.25) is 30.3 Å². The van der Waals surface area contributed by atoms with Crippen LogP contribution in [0.5, 0.6) is 5.75 Å². The summed E-state index contributed by atoms with van der Waals surface area (Å²) in [7, 11) is 0. The van der Waals surface area contributed by atoms with Crippen LogP contribution >= 0.6 is 0 Å². The van der Waals surface area contributed by atoms with Crippen molar-refractivity contribution in [3.63, 3.8) is 0 Å². The largest absolute Gasteiger partial charge is 0.423 e. The number of hydrogen-bond acceptors (Lipinski definition) is 8. The van der Waals surface area contributed by atoms with Crippen molar-refractivity contribution in [1.29, 1.82) is 0 Å². The average molecular weight is 256 g/mol. The van der Waals surface area contributed by atoms with Gasteiger partial charge in [0.15, 0.2) is 0 Å². The maximum Gasteiger partial charge on any atom is 0.423 e. The van der Waals surface area contributed by atoms with Gasteiger partial charge in [-0.25, -0.2) is 4.79 Å². The van der Waals surface area contributed by atoms with E-state index in [0.29, 0.717) is 12.1 Å². The Labute approximate surface area is 97.0 Å². The molecule has 11 heteroatoms. The Hall–Kier alpha value is -3.11. The Morgan fingerprint density at radius 2 is 1.39 bits per heavy atom. The van der Waals surface area contributed by atoms with E-state index in [1.165, 1.54) is 0 Å². The average Bonchev–Trinajstić information content (AvgIpc) is 2.28. The molecule has 0 aliphatic heterocycles. The third kappa shape index (κ3) is 2.34. The van der Waals surface area contributed by atoms with Crippen molar-refractivity contribution in [2.24, 2.45) is 0 Å². The third-order valence-electron chi connectivity index (χ3n) is 1.78. The van der Waals surface area contributed by atoms with Gasteiger partial charge in [0, 0.05) is 0 Å². The van der Waals surface area contributed by atoms with Crippen molar-refractivity contribution in [1.82, 2.24) is 0 Å². The highest BCUT2D eigenvalue weighted by Gasteiger charge is 2.32. The molecule has 0 saturated heterocycles. The molecular weight excluding hydrogens is 254 g/mol. The van der Waals surface area contributed by atoms with E-state index in [9.17, 15) is 35.1 Å². The van der Waals surface area contributed by atoms with Gasteiger partial charge in [0.05, 0.1) is 26.9 Å². The van der Waals surface area contributed by atoms with E-state index < -0.39 is 37.6 Å². The predicted octanol–water partition coefficient (Wildman–Crippen LogP) is 0.857. The van der Waals surface area contributed by atoms with Gasteiger partial charge in [-0.15, -0.1) is 0 Å². The van der Waals surface area contributed by atoms with Crippen molar-refractivity contribution in [3.8, 4) is 5.75 Å². The molecule has 93 valence electrons. The topological polar surface area (TPSA) is 156 Å². The number of nitrogens with zero attached hydrogens (tertiary/aromatic N) is 3. The molecule has 0 aliphatic rings. The van der Waals surface area contributed by atoms with Gasteiger partial charge in [-0.2, -0.15) is 0 Å². The fraction of sp³-hybridized carbons (Fsp3) is 0. The summed E-state index contributed by atoms with van der Waals surface area (Å²) < 4.78 is 4.01. The molecule has 0 bridgehead atoms. The fourth-order valence-electron chi connectivity index (χ4n) is 1.11. The summed E-state index contributed by atoms with van der Waals surface area (Å²) in [6, 6.07) is 0.888. The van der Waals surface area contributed by atoms with Gasteiger partial charge in [-0.05, 0) is 0 Å². The molecule has 1 aromatic carbocycles. The lowest BCUT2D eigenvalue weighted by Gasteiger charge is -2.00. The van der Waals surface area contributed by atoms with E-state index in [0.717, 1.165) is 6.47 Å². The van der Waals surface area contributed by atoms with Gasteiger partial charge < -0.3 is 4.74 Å². The van der Waals surface area contributed by atoms with Gasteiger partial charge in [0.2, 0.25) is 0 Å². The summed E-state index contributed by atoms with van der Waals surface area (Å²) in [6.07, 6.45) is 0. The standard InChI is InChI=1S/C7H2N3O8/c11-3-18-7-5(9(14)15)1-4(8(12)13)2-6(7)10(16)17/h1-2H. The summed E-state index contributed by atoms with van der Waals surface area (Å²) in [6.45, 7) is 0.794. The Morgan fingerprint density at radius 1 is 0.944 bits per heavy atom. The summed E-state index contributed by atoms with van der Waals surface area (Å²) in [5, 5.41) is 31.7. The Bertz CT molecular complexity index is 519. The molecule has 1 aromatic rings. The van der Waals surface area contributed by atoms with Crippen molar-refractivity contribution in [3.05, 3.63) is 42.5 Å². The Kier molecular flexibility index (Phi) is 3.47. The van der Waals surface area contributed by atoms with E-state index in [1.807, 2.05) is 0 Å². The first-order chi connectivity index (χ1) is 8.38. The van der Waals surface area contributed by atoms with Crippen LogP contribution in [0.4, 0.5) is 17.1 Å². The number of rotatable bonds is 5. The first-order valence-electron chi connectivity index (χ1n) is 4.03. The lowest BCUT2D eigenvalue weighted by molar-refractivity contribution is -0.404. The summed E-state index contributed by atoms with van der Waals surface area (Å²) >= 11 is 0. The Morgan fingerprint density at radius 3 is 1.67 bits per heavy atom. The molecule has 1 radical (unpaired) electrons. The molecule has 0 unspecified atom stereocenters. The first kappa shape index (κ1) is 13.0. The lowest BCUT2D eigenvalue weighted by atomic mass is 10.2. The van der Waals surface area contributed by atoms with Crippen molar-refractivity contribution in [2.45, 2.75) is 0 Å². The van der Waals surface area contributed by atoms with Crippen LogP contribution in [-0.4, -0.2) is 21.2 Å². The minimum Gasteiger partial charge on any atom is -0.403 e. The predicted molar refractivity (Wildman–Crippen MR) is 52.7 cm³/mol. The second-order valence-corrected chi connectivity index (χ2v) is 2.77. The van der Waals surface area contributed by atoms with Crippen LogP contribution in [0, 0.1) is 30.3 Å². The summed E-state index contributed by atoms with van der Waals surface area (Å²) in [4.78, 5) is 38.3. The van der Waals surface area contributed by atoms with Crippen molar-refractivity contribution < 1.29 is 24.3 Å². The SMILES string of the molecule is O=[C]Oc1c([N+](=O)[O-])cc([N+](=O)[O-])cc1[N+](=O)[O-]. The van der Waals surface area contributed by atoms with Gasteiger partial charge in [0.1, 0.15) is 0 Å². The zero-order chi connectivity index (χ0) is 13.9. The number of benzene rings is 1. The Balaban J connectivity index is 3.64. The minimum atomic E-state index is -1.15. The van der Waals surface area contributed by atoms with Gasteiger partial charge >= 0.3 is 17.8 Å². The number of carbonyl (C=O) groups excluding carboxylic acids is 1. The molecule has 0 spiro atoms. The van der Waals surface area contributed by atoms with Crippen molar-refractivity contribution in [2.75, 3.05) is 0 Å². The molecule has 1 rings (SSSR count). The van der Waals surface area contributed by atoms with E-state index in [4.69, 9.17) is 0 Å². The van der Waals surface area contributed by atoms with Crippen LogP contribution < -0.4 is 4.74 Å². The van der Waals surface area contributed by atoms with Crippen LogP contribution in [0.1, 0.15) is 0 Å². The summed E-state index contributed by atoms with van der Waals surface area (Å²) in [5.74, 6) is -1.01. The number of nitro groups is 3. The minimum absolute atomic E-state index is 0.444. The highest BCUT2D eigenvalue weighted by molar-refractivity contribution is 5.68. The number of ether oxygens (including phenoxy) is 1. The lowest BCUT2D eigenvalue weighted by Crippen LogP contribution is -2.02. The molecule has 0 amide bonds. The monoisotopic (exact) mass is 256 g/mol. The van der Waals surface area contributed by atoms with E-state index in [1.54, 1.807) is 0 Å². The molecule has 0 N–H and O–H groups in total. The second-order valence-electron chi connectivity index (χ2n) is 2.77. The molecule has 0 aliphatic carbocycles. The van der Waals surface area contributed by atoms with Crippen LogP contribution in [-0.2, 0) is 4.79 Å². The number of nitro benzene ring substituents is 3. The summed E-state index contributed by atoms with van der Waals surface area (Å²) in [5.41, 5.74) is -3.01. The fourth-order valence-corrected chi connectivity index (χ4v) is 1.11. The third-order valence-corrected chi connectivity index (χ3v) is 1.78. The van der Waals surface area contributed by atoms with Gasteiger partial charge in [0.25, 0.3) is 11.4 Å². The molecule has 18 heavy (non-hydrogen) atoms. The highest BCUT2D eigenvalue weighted by Crippen LogP contribution is 2.39.